The van der Waals surface area contributed by atoms with Gasteiger partial charge in [-0.25, -0.2) is 0 Å². The van der Waals surface area contributed by atoms with Gasteiger partial charge in [-0.05, 0) is 32.1 Å². The van der Waals surface area contributed by atoms with E-state index in [0.29, 0.717) is 11.1 Å². The van der Waals surface area contributed by atoms with Gasteiger partial charge < -0.3 is 4.98 Å². The van der Waals surface area contributed by atoms with E-state index in [0.717, 1.165) is 22.2 Å². The van der Waals surface area contributed by atoms with Gasteiger partial charge in [0.25, 0.3) is 0 Å². The standard InChI is InChI=1S/C16H13NO2/c1-9-7-15(19)12(8-14(9)18)16-10(2)17-13-6-4-3-5-11(13)16/h3-8,17H,1-2H3. The number of fused-ring (bicyclic) bond motifs is 1. The Hall–Kier alpha value is -2.42. The van der Waals surface area contributed by atoms with Gasteiger partial charge >= 0.3 is 0 Å². The molecule has 1 heterocycles. The van der Waals surface area contributed by atoms with Crippen LogP contribution in [0.2, 0.25) is 0 Å². The third-order valence-corrected chi connectivity index (χ3v) is 3.44. The highest BCUT2D eigenvalue weighted by Crippen LogP contribution is 2.31. The average Bonchev–Trinajstić information content (AvgIpc) is 2.70. The SMILES string of the molecule is CC1=CC(=O)C(c2c(C)[nH]c3ccccc23)=CC1=O. The first-order valence-corrected chi connectivity index (χ1v) is 6.14. The van der Waals surface area contributed by atoms with Crippen molar-refractivity contribution in [3.8, 4) is 0 Å². The molecule has 0 unspecified atom stereocenters. The molecule has 1 aliphatic rings. The molecule has 1 N–H and O–H groups in total. The zero-order valence-corrected chi connectivity index (χ0v) is 10.8. The summed E-state index contributed by atoms with van der Waals surface area (Å²) in [7, 11) is 0. The van der Waals surface area contributed by atoms with Crippen molar-refractivity contribution in [2.45, 2.75) is 13.8 Å². The van der Waals surface area contributed by atoms with Crippen molar-refractivity contribution >= 4 is 28.0 Å². The zero-order chi connectivity index (χ0) is 13.6. The van der Waals surface area contributed by atoms with Crippen LogP contribution in [0.15, 0.2) is 42.0 Å². The molecule has 0 spiro atoms. The monoisotopic (exact) mass is 251 g/mol. The van der Waals surface area contributed by atoms with Crippen LogP contribution in [0.1, 0.15) is 18.2 Å². The van der Waals surface area contributed by atoms with Crippen LogP contribution in [0.3, 0.4) is 0 Å². The molecule has 0 saturated carbocycles. The van der Waals surface area contributed by atoms with Gasteiger partial charge in [-0.1, -0.05) is 18.2 Å². The third kappa shape index (κ3) is 1.74. The van der Waals surface area contributed by atoms with Crippen LogP contribution in [-0.4, -0.2) is 16.6 Å². The zero-order valence-electron chi connectivity index (χ0n) is 10.8. The summed E-state index contributed by atoms with van der Waals surface area (Å²) in [6.45, 7) is 3.58. The summed E-state index contributed by atoms with van der Waals surface area (Å²) in [6.07, 6.45) is 2.86. The summed E-state index contributed by atoms with van der Waals surface area (Å²) in [5, 5.41) is 0.973. The Morgan fingerprint density at radius 1 is 0.947 bits per heavy atom. The molecule has 2 aromatic rings. The Bertz CT molecular complexity index is 775. The highest BCUT2D eigenvalue weighted by atomic mass is 16.1. The molecule has 0 aliphatic heterocycles. The number of ketones is 2. The van der Waals surface area contributed by atoms with E-state index in [1.54, 1.807) is 6.92 Å². The fourth-order valence-electron chi connectivity index (χ4n) is 2.48. The minimum Gasteiger partial charge on any atom is -0.358 e. The third-order valence-electron chi connectivity index (χ3n) is 3.44. The number of rotatable bonds is 1. The molecular weight excluding hydrogens is 238 g/mol. The molecule has 94 valence electrons. The van der Waals surface area contributed by atoms with E-state index in [9.17, 15) is 9.59 Å². The van der Waals surface area contributed by atoms with Crippen LogP contribution < -0.4 is 0 Å². The molecule has 0 saturated heterocycles. The van der Waals surface area contributed by atoms with Crippen LogP contribution in [-0.2, 0) is 9.59 Å². The molecule has 0 amide bonds. The van der Waals surface area contributed by atoms with Gasteiger partial charge in [0.2, 0.25) is 0 Å². The molecule has 1 aliphatic carbocycles. The Kier molecular flexibility index (Phi) is 2.49. The Labute approximate surface area is 110 Å². The second-order valence-corrected chi connectivity index (χ2v) is 4.78. The van der Waals surface area contributed by atoms with Gasteiger partial charge in [-0.15, -0.1) is 0 Å². The lowest BCUT2D eigenvalue weighted by Gasteiger charge is -2.10. The number of aromatic nitrogens is 1. The minimum absolute atomic E-state index is 0.0979. The van der Waals surface area contributed by atoms with Gasteiger partial charge in [0.1, 0.15) is 0 Å². The summed E-state index contributed by atoms with van der Waals surface area (Å²) >= 11 is 0. The second-order valence-electron chi connectivity index (χ2n) is 4.78. The number of para-hydroxylation sites is 1. The number of benzene rings is 1. The molecule has 3 rings (SSSR count). The number of H-pyrrole nitrogens is 1. The van der Waals surface area contributed by atoms with E-state index in [4.69, 9.17) is 0 Å². The van der Waals surface area contributed by atoms with Crippen molar-refractivity contribution < 1.29 is 9.59 Å². The van der Waals surface area contributed by atoms with E-state index < -0.39 is 0 Å². The van der Waals surface area contributed by atoms with E-state index in [1.807, 2.05) is 31.2 Å². The summed E-state index contributed by atoms with van der Waals surface area (Å²) in [5.41, 5.74) is 3.68. The predicted molar refractivity (Wildman–Crippen MR) is 74.8 cm³/mol. The molecule has 3 heteroatoms. The van der Waals surface area contributed by atoms with E-state index in [1.165, 1.54) is 12.2 Å². The van der Waals surface area contributed by atoms with Crippen molar-refractivity contribution in [1.29, 1.82) is 0 Å². The second kappa shape index (κ2) is 4.05. The molecular formula is C16H13NO2. The molecule has 1 aromatic heterocycles. The molecule has 0 atom stereocenters. The smallest absolute Gasteiger partial charge is 0.187 e. The summed E-state index contributed by atoms with van der Waals surface area (Å²) in [6, 6.07) is 7.78. The van der Waals surface area contributed by atoms with Gasteiger partial charge in [-0.3, -0.25) is 9.59 Å². The first kappa shape index (κ1) is 11.7. The van der Waals surface area contributed by atoms with E-state index in [-0.39, 0.29) is 11.6 Å². The first-order valence-electron chi connectivity index (χ1n) is 6.14. The quantitative estimate of drug-likeness (QED) is 0.792. The number of hydrogen-bond donors (Lipinski definition) is 1. The summed E-state index contributed by atoms with van der Waals surface area (Å²) in [5.74, 6) is -0.204. The first-order chi connectivity index (χ1) is 9.08. The highest BCUT2D eigenvalue weighted by Gasteiger charge is 2.22. The maximum absolute atomic E-state index is 12.1. The number of hydrogen-bond acceptors (Lipinski definition) is 2. The lowest BCUT2D eigenvalue weighted by molar-refractivity contribution is -0.114. The van der Waals surface area contributed by atoms with Gasteiger partial charge in [0.05, 0.1) is 0 Å². The number of aryl methyl sites for hydroxylation is 1. The van der Waals surface area contributed by atoms with E-state index in [2.05, 4.69) is 4.98 Å². The average molecular weight is 251 g/mol. The van der Waals surface area contributed by atoms with Gasteiger partial charge in [-0.2, -0.15) is 0 Å². The molecule has 0 fully saturated rings. The topological polar surface area (TPSA) is 49.9 Å². The number of allylic oxidation sites excluding steroid dienone is 4. The maximum Gasteiger partial charge on any atom is 0.187 e. The van der Waals surface area contributed by atoms with Gasteiger partial charge in [0.15, 0.2) is 11.6 Å². The molecule has 3 nitrogen and oxygen atoms in total. The number of carbonyl (C=O) groups is 2. The van der Waals surface area contributed by atoms with Crippen molar-refractivity contribution in [3.05, 3.63) is 53.2 Å². The van der Waals surface area contributed by atoms with E-state index >= 15 is 0 Å². The van der Waals surface area contributed by atoms with Crippen LogP contribution in [0.5, 0.6) is 0 Å². The van der Waals surface area contributed by atoms with Crippen LogP contribution in [0, 0.1) is 6.92 Å². The minimum atomic E-state index is -0.107. The Morgan fingerprint density at radius 3 is 2.47 bits per heavy atom. The number of nitrogens with one attached hydrogen (secondary N) is 1. The van der Waals surface area contributed by atoms with Crippen molar-refractivity contribution in [1.82, 2.24) is 4.98 Å². The lowest BCUT2D eigenvalue weighted by atomic mass is 9.91. The maximum atomic E-state index is 12.1. The van der Waals surface area contributed by atoms with Crippen LogP contribution >= 0.6 is 0 Å². The fourth-order valence-corrected chi connectivity index (χ4v) is 2.48. The fraction of sp³-hybridized carbons (Fsp3) is 0.125. The summed E-state index contributed by atoms with van der Waals surface area (Å²) in [4.78, 5) is 27.2. The van der Waals surface area contributed by atoms with Gasteiger partial charge in [0, 0.05) is 33.3 Å². The largest absolute Gasteiger partial charge is 0.358 e. The number of carbonyl (C=O) groups excluding carboxylic acids is 2. The number of aromatic amines is 1. The van der Waals surface area contributed by atoms with Crippen LogP contribution in [0.25, 0.3) is 16.5 Å². The molecule has 1 aromatic carbocycles. The summed E-state index contributed by atoms with van der Waals surface area (Å²) < 4.78 is 0. The van der Waals surface area contributed by atoms with Crippen LogP contribution in [0.4, 0.5) is 0 Å². The lowest BCUT2D eigenvalue weighted by Crippen LogP contribution is -2.11. The van der Waals surface area contributed by atoms with Crippen molar-refractivity contribution in [3.63, 3.8) is 0 Å². The molecule has 0 radical (unpaired) electrons. The van der Waals surface area contributed by atoms with Crippen molar-refractivity contribution in [2.75, 3.05) is 0 Å². The predicted octanol–water partition coefficient (Wildman–Crippen LogP) is 2.96. The normalized spacial score (nSPS) is 15.7. The van der Waals surface area contributed by atoms with Crippen molar-refractivity contribution in [2.24, 2.45) is 0 Å². The highest BCUT2D eigenvalue weighted by molar-refractivity contribution is 6.36. The Morgan fingerprint density at radius 2 is 1.68 bits per heavy atom. The Balaban J connectivity index is 2.26. The molecule has 19 heavy (non-hydrogen) atoms. The molecule has 0 bridgehead atoms.